The van der Waals surface area contributed by atoms with Gasteiger partial charge in [-0.1, -0.05) is 44.2 Å². The average Bonchev–Trinajstić information content (AvgIpc) is 2.79. The predicted octanol–water partition coefficient (Wildman–Crippen LogP) is 4.12. The number of benzene rings is 1. The van der Waals surface area contributed by atoms with Crippen molar-refractivity contribution in [3.8, 4) is 0 Å². The van der Waals surface area contributed by atoms with Crippen molar-refractivity contribution in [2.75, 3.05) is 23.5 Å². The number of carbonyl (C=O) groups excluding carboxylic acids is 1. The van der Waals surface area contributed by atoms with Crippen molar-refractivity contribution in [1.29, 1.82) is 0 Å². The van der Waals surface area contributed by atoms with Gasteiger partial charge in [0.2, 0.25) is 0 Å². The van der Waals surface area contributed by atoms with Gasteiger partial charge in [0, 0.05) is 11.3 Å². The Morgan fingerprint density at radius 2 is 1.65 bits per heavy atom. The van der Waals surface area contributed by atoms with Crippen LogP contribution < -0.4 is 0 Å². The summed E-state index contributed by atoms with van der Waals surface area (Å²) in [5.74, 6) is 3.74. The molecule has 0 spiro atoms. The van der Waals surface area contributed by atoms with Crippen LogP contribution in [-0.2, 0) is 0 Å². The summed E-state index contributed by atoms with van der Waals surface area (Å²) in [5, 5.41) is 0. The number of carbonyl (C=O) groups is 1. The van der Waals surface area contributed by atoms with Gasteiger partial charge in [-0.3, -0.25) is 4.79 Å². The summed E-state index contributed by atoms with van der Waals surface area (Å²) in [6.45, 7) is 4.00. The standard InChI is InChI=1S/C13H18OS.C2H6/c1-15(9-5-6-10-15)11-13(14)12-7-3-2-4-8-12;1-2/h2-4,7-8H,5-6,9-11H2,1H3;1-2H3. The van der Waals surface area contributed by atoms with Gasteiger partial charge in [0.05, 0.1) is 0 Å². The maximum absolute atomic E-state index is 12.0. The molecule has 0 bridgehead atoms. The molecule has 0 aliphatic carbocycles. The third-order valence-corrected chi connectivity index (χ3v) is 6.61. The highest BCUT2D eigenvalue weighted by atomic mass is 32.3. The first-order valence-corrected chi connectivity index (χ1v) is 9.04. The Kier molecular flexibility index (Phi) is 5.76. The monoisotopic (exact) mass is 252 g/mol. The Morgan fingerprint density at radius 3 is 2.18 bits per heavy atom. The van der Waals surface area contributed by atoms with Crippen LogP contribution in [0.1, 0.15) is 37.0 Å². The highest BCUT2D eigenvalue weighted by Gasteiger charge is 2.26. The molecule has 1 saturated heterocycles. The van der Waals surface area contributed by atoms with Gasteiger partial charge in [0.15, 0.2) is 5.78 Å². The summed E-state index contributed by atoms with van der Waals surface area (Å²) in [4.78, 5) is 12.0. The van der Waals surface area contributed by atoms with Crippen LogP contribution >= 0.6 is 10.0 Å². The van der Waals surface area contributed by atoms with Crippen LogP contribution in [-0.4, -0.2) is 29.3 Å². The summed E-state index contributed by atoms with van der Waals surface area (Å²) in [6.07, 6.45) is 4.99. The Labute approximate surface area is 107 Å². The Hall–Kier alpha value is -0.760. The zero-order chi connectivity index (χ0) is 12.7. The van der Waals surface area contributed by atoms with Crippen molar-refractivity contribution < 1.29 is 4.79 Å². The van der Waals surface area contributed by atoms with Gasteiger partial charge in [0.25, 0.3) is 0 Å². The molecule has 0 radical (unpaired) electrons. The molecule has 0 N–H and O–H groups in total. The van der Waals surface area contributed by atoms with Crippen LogP contribution in [0.2, 0.25) is 0 Å². The van der Waals surface area contributed by atoms with Gasteiger partial charge < -0.3 is 0 Å². The van der Waals surface area contributed by atoms with E-state index in [-0.39, 0.29) is 0 Å². The number of ketones is 1. The minimum Gasteiger partial charge on any atom is -0.293 e. The smallest absolute Gasteiger partial charge is 0.171 e. The molecule has 96 valence electrons. The van der Waals surface area contributed by atoms with Crippen molar-refractivity contribution in [3.05, 3.63) is 35.9 Å². The van der Waals surface area contributed by atoms with Crippen molar-refractivity contribution in [2.24, 2.45) is 0 Å². The number of hydrogen-bond acceptors (Lipinski definition) is 1. The van der Waals surface area contributed by atoms with Gasteiger partial charge in [0.1, 0.15) is 0 Å². The molecule has 0 aromatic heterocycles. The van der Waals surface area contributed by atoms with Crippen LogP contribution in [0.5, 0.6) is 0 Å². The van der Waals surface area contributed by atoms with Crippen molar-refractivity contribution in [3.63, 3.8) is 0 Å². The minimum absolute atomic E-state index is 0.343. The number of rotatable bonds is 3. The van der Waals surface area contributed by atoms with Crippen molar-refractivity contribution in [1.82, 2.24) is 0 Å². The molecule has 0 amide bonds. The van der Waals surface area contributed by atoms with Gasteiger partial charge in [-0.2, -0.15) is 0 Å². The first-order chi connectivity index (χ1) is 8.20. The number of Topliss-reactive ketones (excluding diaryl/α,β-unsaturated/α-hetero) is 1. The zero-order valence-electron chi connectivity index (χ0n) is 11.2. The van der Waals surface area contributed by atoms with Crippen LogP contribution in [0.4, 0.5) is 0 Å². The molecule has 1 heterocycles. The lowest BCUT2D eigenvalue weighted by Crippen LogP contribution is -2.14. The predicted molar refractivity (Wildman–Crippen MR) is 79.5 cm³/mol. The van der Waals surface area contributed by atoms with Crippen LogP contribution in [0.25, 0.3) is 0 Å². The van der Waals surface area contributed by atoms with Gasteiger partial charge in [-0.25, -0.2) is 10.0 Å². The lowest BCUT2D eigenvalue weighted by atomic mass is 10.2. The Morgan fingerprint density at radius 1 is 1.12 bits per heavy atom. The van der Waals surface area contributed by atoms with E-state index < -0.39 is 10.0 Å². The van der Waals surface area contributed by atoms with E-state index in [1.165, 1.54) is 24.3 Å². The molecule has 17 heavy (non-hydrogen) atoms. The largest absolute Gasteiger partial charge is 0.293 e. The van der Waals surface area contributed by atoms with Crippen LogP contribution in [0.15, 0.2) is 30.3 Å². The van der Waals surface area contributed by atoms with E-state index in [1.54, 1.807) is 0 Å². The Bertz CT molecular complexity index is 339. The maximum atomic E-state index is 12.0. The van der Waals surface area contributed by atoms with Crippen LogP contribution in [0.3, 0.4) is 0 Å². The summed E-state index contributed by atoms with van der Waals surface area (Å²) in [7, 11) is -0.601. The van der Waals surface area contributed by atoms with Gasteiger partial charge >= 0.3 is 0 Å². The van der Waals surface area contributed by atoms with Crippen LogP contribution in [0, 0.1) is 0 Å². The molecule has 1 nitrogen and oxygen atoms in total. The molecule has 0 saturated carbocycles. The molecule has 1 aromatic carbocycles. The lowest BCUT2D eigenvalue weighted by Gasteiger charge is -2.29. The topological polar surface area (TPSA) is 17.1 Å². The first kappa shape index (κ1) is 14.3. The van der Waals surface area contributed by atoms with Crippen molar-refractivity contribution in [2.45, 2.75) is 26.7 Å². The third-order valence-electron chi connectivity index (χ3n) is 3.10. The van der Waals surface area contributed by atoms with E-state index in [1.807, 2.05) is 44.2 Å². The summed E-state index contributed by atoms with van der Waals surface area (Å²) < 4.78 is 0. The average molecular weight is 252 g/mol. The van der Waals surface area contributed by atoms with E-state index in [0.29, 0.717) is 5.78 Å². The highest BCUT2D eigenvalue weighted by Crippen LogP contribution is 2.50. The van der Waals surface area contributed by atoms with E-state index in [2.05, 4.69) is 6.26 Å². The molecule has 1 aromatic rings. The van der Waals surface area contributed by atoms with Gasteiger partial charge in [-0.05, 0) is 30.6 Å². The van der Waals surface area contributed by atoms with E-state index >= 15 is 0 Å². The SMILES string of the molecule is CC.CS1(CC(=O)c2ccccc2)CCCC1. The highest BCUT2D eigenvalue weighted by molar-refractivity contribution is 8.33. The summed E-state index contributed by atoms with van der Waals surface area (Å²) >= 11 is 0. The third kappa shape index (κ3) is 4.19. The molecule has 1 fully saturated rings. The fourth-order valence-corrected chi connectivity index (χ4v) is 5.27. The normalized spacial score (nSPS) is 19.0. The molecule has 0 unspecified atom stereocenters. The second-order valence-corrected chi connectivity index (χ2v) is 8.59. The first-order valence-electron chi connectivity index (χ1n) is 6.49. The Balaban J connectivity index is 0.000000686. The zero-order valence-corrected chi connectivity index (χ0v) is 12.1. The molecule has 2 heteroatoms. The molecule has 0 atom stereocenters. The molecule has 1 aliphatic rings. The maximum Gasteiger partial charge on any atom is 0.171 e. The molecular weight excluding hydrogens is 228 g/mol. The lowest BCUT2D eigenvalue weighted by molar-refractivity contribution is 0.102. The molecule has 2 rings (SSSR count). The van der Waals surface area contributed by atoms with E-state index in [9.17, 15) is 4.79 Å². The summed E-state index contributed by atoms with van der Waals surface area (Å²) in [6, 6.07) is 9.71. The fourth-order valence-electron chi connectivity index (χ4n) is 2.17. The van der Waals surface area contributed by atoms with E-state index in [4.69, 9.17) is 0 Å². The molecule has 1 aliphatic heterocycles. The molecular formula is C15H24OS. The van der Waals surface area contributed by atoms with E-state index in [0.717, 1.165) is 11.3 Å². The second kappa shape index (κ2) is 6.85. The fraction of sp³-hybridized carbons (Fsp3) is 0.533. The minimum atomic E-state index is -0.601. The quantitative estimate of drug-likeness (QED) is 0.739. The summed E-state index contributed by atoms with van der Waals surface area (Å²) in [5.41, 5.74) is 0.887. The number of hydrogen-bond donors (Lipinski definition) is 0. The van der Waals surface area contributed by atoms with Crippen molar-refractivity contribution >= 4 is 15.8 Å². The second-order valence-electron chi connectivity index (χ2n) is 4.53. The van der Waals surface area contributed by atoms with Gasteiger partial charge in [-0.15, -0.1) is 0 Å².